The van der Waals surface area contributed by atoms with Gasteiger partial charge in [0.15, 0.2) is 0 Å². The summed E-state index contributed by atoms with van der Waals surface area (Å²) in [6.07, 6.45) is 2.86. The molecule has 88 valence electrons. The Kier molecular flexibility index (Phi) is 3.82. The highest BCUT2D eigenvalue weighted by molar-refractivity contribution is 8.00. The zero-order valence-corrected chi connectivity index (χ0v) is 9.77. The normalized spacial score (nSPS) is 22.3. The van der Waals surface area contributed by atoms with E-state index < -0.39 is 11.6 Å². The number of thioether (sulfide) groups is 1. The van der Waals surface area contributed by atoms with E-state index in [2.05, 4.69) is 0 Å². The van der Waals surface area contributed by atoms with Gasteiger partial charge in [-0.25, -0.2) is 8.78 Å². The topological polar surface area (TPSA) is 26.0 Å². The summed E-state index contributed by atoms with van der Waals surface area (Å²) < 4.78 is 25.9. The molecule has 4 heteroatoms. The molecule has 0 radical (unpaired) electrons. The van der Waals surface area contributed by atoms with Crippen LogP contribution in [0.3, 0.4) is 0 Å². The van der Waals surface area contributed by atoms with Gasteiger partial charge in [-0.05, 0) is 42.7 Å². The van der Waals surface area contributed by atoms with Crippen LogP contribution in [0, 0.1) is 11.6 Å². The molecule has 1 aliphatic heterocycles. The van der Waals surface area contributed by atoms with Crippen LogP contribution in [0.15, 0.2) is 18.2 Å². The first-order valence-corrected chi connectivity index (χ1v) is 6.52. The predicted molar refractivity (Wildman–Crippen MR) is 63.5 cm³/mol. The van der Waals surface area contributed by atoms with Gasteiger partial charge < -0.3 is 5.73 Å². The van der Waals surface area contributed by atoms with Crippen LogP contribution in [-0.2, 0) is 6.42 Å². The van der Waals surface area contributed by atoms with E-state index in [-0.39, 0.29) is 6.04 Å². The zero-order chi connectivity index (χ0) is 11.5. The van der Waals surface area contributed by atoms with E-state index >= 15 is 0 Å². The summed E-state index contributed by atoms with van der Waals surface area (Å²) in [6.45, 7) is 0. The van der Waals surface area contributed by atoms with Gasteiger partial charge in [0.2, 0.25) is 0 Å². The number of benzene rings is 1. The lowest BCUT2D eigenvalue weighted by Crippen LogP contribution is -2.33. The number of halogens is 2. The van der Waals surface area contributed by atoms with Gasteiger partial charge in [-0.2, -0.15) is 11.8 Å². The van der Waals surface area contributed by atoms with Crippen LogP contribution in [0.2, 0.25) is 0 Å². The Bertz CT molecular complexity index is 344. The van der Waals surface area contributed by atoms with E-state index in [1.807, 2.05) is 11.8 Å². The molecule has 0 aliphatic carbocycles. The Morgan fingerprint density at radius 1 is 1.31 bits per heavy atom. The smallest absolute Gasteiger partial charge is 0.126 e. The molecule has 0 saturated carbocycles. The van der Waals surface area contributed by atoms with Crippen LogP contribution in [0.25, 0.3) is 0 Å². The lowest BCUT2D eigenvalue weighted by Gasteiger charge is -2.18. The Balaban J connectivity index is 2.02. The van der Waals surface area contributed by atoms with Gasteiger partial charge in [0.25, 0.3) is 0 Å². The van der Waals surface area contributed by atoms with Gasteiger partial charge in [-0.3, -0.25) is 0 Å². The maximum atomic E-state index is 13.0. The largest absolute Gasteiger partial charge is 0.326 e. The fourth-order valence-corrected chi connectivity index (χ4v) is 3.39. The first-order valence-electron chi connectivity index (χ1n) is 5.47. The van der Waals surface area contributed by atoms with E-state index in [0.29, 0.717) is 17.2 Å². The van der Waals surface area contributed by atoms with Gasteiger partial charge in [0.05, 0.1) is 0 Å². The highest BCUT2D eigenvalue weighted by Gasteiger charge is 2.22. The van der Waals surface area contributed by atoms with Crippen molar-refractivity contribution in [1.29, 1.82) is 0 Å². The molecule has 2 N–H and O–H groups in total. The fourth-order valence-electron chi connectivity index (χ4n) is 2.07. The number of rotatable bonds is 3. The minimum atomic E-state index is -0.527. The maximum Gasteiger partial charge on any atom is 0.126 e. The quantitative estimate of drug-likeness (QED) is 0.883. The van der Waals surface area contributed by atoms with Crippen molar-refractivity contribution in [3.8, 4) is 0 Å². The molecule has 16 heavy (non-hydrogen) atoms. The van der Waals surface area contributed by atoms with E-state index in [1.165, 1.54) is 18.6 Å². The second-order valence-corrected chi connectivity index (χ2v) is 5.54. The van der Waals surface area contributed by atoms with Gasteiger partial charge in [0.1, 0.15) is 11.6 Å². The van der Waals surface area contributed by atoms with Gasteiger partial charge in [0, 0.05) is 17.4 Å². The summed E-state index contributed by atoms with van der Waals surface area (Å²) in [5.74, 6) is 0.0955. The molecule has 0 amide bonds. The molecule has 1 aromatic rings. The maximum absolute atomic E-state index is 13.0. The minimum absolute atomic E-state index is 0.00583. The molecule has 1 heterocycles. The molecule has 1 nitrogen and oxygen atoms in total. The lowest BCUT2D eigenvalue weighted by molar-refractivity contribution is 0.569. The van der Waals surface area contributed by atoms with Crippen molar-refractivity contribution in [1.82, 2.24) is 0 Å². The van der Waals surface area contributed by atoms with Crippen LogP contribution in [0.5, 0.6) is 0 Å². The highest BCUT2D eigenvalue weighted by Crippen LogP contribution is 2.29. The molecule has 0 aromatic heterocycles. The molecule has 1 aliphatic rings. The van der Waals surface area contributed by atoms with Crippen molar-refractivity contribution < 1.29 is 8.78 Å². The summed E-state index contributed by atoms with van der Waals surface area (Å²) in [6, 6.07) is 3.61. The van der Waals surface area contributed by atoms with Gasteiger partial charge in [-0.1, -0.05) is 0 Å². The van der Waals surface area contributed by atoms with Crippen LogP contribution >= 0.6 is 11.8 Å². The van der Waals surface area contributed by atoms with E-state index in [4.69, 9.17) is 5.73 Å². The standard InChI is InChI=1S/C12H15F2NS/c13-9-4-8(5-10(14)7-9)6-11(15)12-2-1-3-16-12/h4-5,7,11-12H,1-3,6,15H2. The van der Waals surface area contributed by atoms with Crippen molar-refractivity contribution in [3.63, 3.8) is 0 Å². The summed E-state index contributed by atoms with van der Waals surface area (Å²) >= 11 is 1.87. The first-order chi connectivity index (χ1) is 7.65. The summed E-state index contributed by atoms with van der Waals surface area (Å²) in [7, 11) is 0. The molecule has 2 rings (SSSR count). The Morgan fingerprint density at radius 3 is 2.56 bits per heavy atom. The Hall–Kier alpha value is -0.610. The van der Waals surface area contributed by atoms with Crippen molar-refractivity contribution in [2.45, 2.75) is 30.6 Å². The minimum Gasteiger partial charge on any atom is -0.326 e. The van der Waals surface area contributed by atoms with Crippen molar-refractivity contribution >= 4 is 11.8 Å². The Morgan fingerprint density at radius 2 is 2.00 bits per heavy atom. The molecule has 1 saturated heterocycles. The SMILES string of the molecule is NC(Cc1cc(F)cc(F)c1)C1CCCS1. The lowest BCUT2D eigenvalue weighted by atomic mass is 10.0. The molecule has 0 spiro atoms. The molecule has 1 aromatic carbocycles. The number of hydrogen-bond acceptors (Lipinski definition) is 2. The third kappa shape index (κ3) is 2.95. The molecule has 1 fully saturated rings. The fraction of sp³-hybridized carbons (Fsp3) is 0.500. The number of nitrogens with two attached hydrogens (primary N) is 1. The molecule has 2 atom stereocenters. The van der Waals surface area contributed by atoms with Crippen LogP contribution in [-0.4, -0.2) is 17.0 Å². The van der Waals surface area contributed by atoms with E-state index in [0.717, 1.165) is 18.2 Å². The van der Waals surface area contributed by atoms with Crippen molar-refractivity contribution in [3.05, 3.63) is 35.4 Å². The van der Waals surface area contributed by atoms with Crippen LogP contribution < -0.4 is 5.73 Å². The summed E-state index contributed by atoms with van der Waals surface area (Å²) in [4.78, 5) is 0. The van der Waals surface area contributed by atoms with E-state index in [9.17, 15) is 8.78 Å². The number of hydrogen-bond donors (Lipinski definition) is 1. The summed E-state index contributed by atoms with van der Waals surface area (Å²) in [5.41, 5.74) is 6.70. The highest BCUT2D eigenvalue weighted by atomic mass is 32.2. The van der Waals surface area contributed by atoms with E-state index in [1.54, 1.807) is 0 Å². The third-order valence-corrected chi connectivity index (χ3v) is 4.37. The second kappa shape index (κ2) is 5.15. The van der Waals surface area contributed by atoms with Crippen molar-refractivity contribution in [2.24, 2.45) is 5.73 Å². The second-order valence-electron chi connectivity index (χ2n) is 4.20. The van der Waals surface area contributed by atoms with Crippen LogP contribution in [0.1, 0.15) is 18.4 Å². The van der Waals surface area contributed by atoms with Gasteiger partial charge >= 0.3 is 0 Å². The van der Waals surface area contributed by atoms with Crippen molar-refractivity contribution in [2.75, 3.05) is 5.75 Å². The van der Waals surface area contributed by atoms with Gasteiger partial charge in [-0.15, -0.1) is 0 Å². The third-order valence-electron chi connectivity index (χ3n) is 2.84. The average Bonchev–Trinajstić information content (AvgIpc) is 2.68. The Labute approximate surface area is 98.4 Å². The molecular formula is C12H15F2NS. The zero-order valence-electron chi connectivity index (χ0n) is 8.96. The predicted octanol–water partition coefficient (Wildman–Crippen LogP) is 2.73. The average molecular weight is 243 g/mol. The van der Waals surface area contributed by atoms with Crippen LogP contribution in [0.4, 0.5) is 8.78 Å². The monoisotopic (exact) mass is 243 g/mol. The molecule has 2 unspecified atom stereocenters. The molecule has 0 bridgehead atoms. The first kappa shape index (κ1) is 11.9. The molecular weight excluding hydrogens is 228 g/mol. The summed E-state index contributed by atoms with van der Waals surface area (Å²) in [5, 5.41) is 0.436.